The highest BCUT2D eigenvalue weighted by molar-refractivity contribution is 7.98. The minimum atomic E-state index is -4.93. The molecule has 12 heteroatoms. The van der Waals surface area contributed by atoms with Crippen molar-refractivity contribution in [3.8, 4) is 5.75 Å². The molecule has 1 amide bonds. The van der Waals surface area contributed by atoms with Gasteiger partial charge in [-0.25, -0.2) is 0 Å². The number of nitrogen functional groups attached to an aromatic ring is 1. The quantitative estimate of drug-likeness (QED) is 0.300. The molecule has 1 aliphatic carbocycles. The van der Waals surface area contributed by atoms with Crippen LogP contribution in [0.4, 0.5) is 24.5 Å². The maximum Gasteiger partial charge on any atom is 0.573 e. The zero-order chi connectivity index (χ0) is 21.4. The summed E-state index contributed by atoms with van der Waals surface area (Å²) in [6.45, 7) is 0. The van der Waals surface area contributed by atoms with Crippen LogP contribution in [0.2, 0.25) is 5.02 Å². The lowest BCUT2D eigenvalue weighted by atomic mass is 10.1. The number of anilines is 2. The Morgan fingerprint density at radius 1 is 1.24 bits per heavy atom. The fraction of sp³-hybridized carbons (Fsp3) is 0.235. The highest BCUT2D eigenvalue weighted by Gasteiger charge is 2.49. The highest BCUT2D eigenvalue weighted by atomic mass is 35.5. The van der Waals surface area contributed by atoms with Crippen LogP contribution in [-0.2, 0) is 14.4 Å². The molecule has 29 heavy (non-hydrogen) atoms. The number of alkyl halides is 3. The van der Waals surface area contributed by atoms with Gasteiger partial charge in [-0.05, 0) is 36.4 Å². The van der Waals surface area contributed by atoms with Crippen LogP contribution in [0.1, 0.15) is 23.2 Å². The second-order valence-electron chi connectivity index (χ2n) is 6.28. The van der Waals surface area contributed by atoms with Gasteiger partial charge in [-0.15, -0.1) is 13.2 Å². The Hall–Kier alpha value is -2.50. The van der Waals surface area contributed by atoms with Gasteiger partial charge >= 0.3 is 6.36 Å². The second kappa shape index (κ2) is 7.73. The maximum absolute atomic E-state index is 12.6. The van der Waals surface area contributed by atoms with Gasteiger partial charge in [0.05, 0.1) is 5.56 Å². The summed E-state index contributed by atoms with van der Waals surface area (Å²) in [6.07, 6.45) is -3.72. The van der Waals surface area contributed by atoms with Crippen LogP contribution in [0.25, 0.3) is 0 Å². The second-order valence-corrected chi connectivity index (χ2v) is 8.96. The van der Waals surface area contributed by atoms with Crippen LogP contribution in [-0.4, -0.2) is 22.1 Å². The number of carbonyl (C=O) groups excluding carboxylic acids is 1. The third kappa shape index (κ3) is 5.11. The van der Waals surface area contributed by atoms with E-state index in [0.29, 0.717) is 12.8 Å². The van der Waals surface area contributed by atoms with Gasteiger partial charge in [-0.3, -0.25) is 15.6 Å². The summed E-state index contributed by atoms with van der Waals surface area (Å²) >= 11 is 5.93. The molecule has 2 aromatic rings. The van der Waals surface area contributed by atoms with E-state index < -0.39 is 28.2 Å². The first kappa shape index (κ1) is 21.2. The average Bonchev–Trinajstić information content (AvgIpc) is 3.45. The Bertz CT molecular complexity index is 998. The van der Waals surface area contributed by atoms with Crippen LogP contribution < -0.4 is 21.3 Å². The molecule has 0 saturated heterocycles. The molecular weight excluding hydrogens is 435 g/mol. The van der Waals surface area contributed by atoms with Gasteiger partial charge in [0.15, 0.2) is 5.25 Å². The number of hydrogen-bond acceptors (Lipinski definition) is 5. The lowest BCUT2D eigenvalue weighted by Gasteiger charge is -2.14. The van der Waals surface area contributed by atoms with Crippen molar-refractivity contribution in [1.29, 1.82) is 0 Å². The molecule has 1 aliphatic rings. The molecule has 1 atom stereocenters. The van der Waals surface area contributed by atoms with E-state index in [9.17, 15) is 26.7 Å². The average molecular weight is 451 g/mol. The van der Waals surface area contributed by atoms with E-state index in [1.807, 2.05) is 0 Å². The molecule has 0 aliphatic heterocycles. The Morgan fingerprint density at radius 3 is 2.55 bits per heavy atom. The van der Waals surface area contributed by atoms with E-state index in [1.165, 1.54) is 18.2 Å². The van der Waals surface area contributed by atoms with Crippen LogP contribution in [0, 0.1) is 0 Å². The SMILES string of the molecule is Nc1ccc(OC(F)(F)F)cc1C(=O)NNc1cc(Cl)ccc1[S+](=O)(O)C1CC1. The van der Waals surface area contributed by atoms with Crippen molar-refractivity contribution in [2.75, 3.05) is 11.2 Å². The summed E-state index contributed by atoms with van der Waals surface area (Å²) in [5, 5.41) is -0.136. The van der Waals surface area contributed by atoms with E-state index >= 15 is 0 Å². The summed E-state index contributed by atoms with van der Waals surface area (Å²) in [5.74, 6) is -1.50. The van der Waals surface area contributed by atoms with Gasteiger partial charge in [0.25, 0.3) is 16.1 Å². The molecule has 2 aromatic carbocycles. The largest absolute Gasteiger partial charge is 0.573 e. The normalized spacial score (nSPS) is 16.0. The number of ether oxygens (including phenoxy) is 1. The number of nitrogens with one attached hydrogen (secondary N) is 2. The monoisotopic (exact) mass is 450 g/mol. The Morgan fingerprint density at radius 2 is 1.93 bits per heavy atom. The molecule has 3 rings (SSSR count). The summed E-state index contributed by atoms with van der Waals surface area (Å²) in [4.78, 5) is 12.5. The molecule has 0 spiro atoms. The Balaban J connectivity index is 1.80. The van der Waals surface area contributed by atoms with Crippen LogP contribution in [0.15, 0.2) is 41.3 Å². The molecule has 1 fully saturated rings. The number of hydrazine groups is 1. The molecule has 156 valence electrons. The number of halogens is 4. The number of hydrogen-bond donors (Lipinski definition) is 4. The molecule has 0 heterocycles. The van der Waals surface area contributed by atoms with Gasteiger partial charge < -0.3 is 10.5 Å². The maximum atomic E-state index is 12.6. The number of carbonyl (C=O) groups is 1. The number of benzene rings is 2. The molecule has 5 N–H and O–H groups in total. The van der Waals surface area contributed by atoms with Gasteiger partial charge in [0, 0.05) is 23.6 Å². The first-order valence-electron chi connectivity index (χ1n) is 8.24. The lowest BCUT2D eigenvalue weighted by molar-refractivity contribution is -0.274. The van der Waals surface area contributed by atoms with Crippen molar-refractivity contribution in [2.45, 2.75) is 29.3 Å². The summed E-state index contributed by atoms with van der Waals surface area (Å²) in [6, 6.07) is 7.06. The van der Waals surface area contributed by atoms with Gasteiger partial charge in [-0.2, -0.15) is 4.55 Å². The molecule has 0 bridgehead atoms. The Kier molecular flexibility index (Phi) is 5.65. The first-order valence-corrected chi connectivity index (χ1v) is 10.2. The minimum Gasteiger partial charge on any atom is -0.406 e. The molecule has 0 aromatic heterocycles. The summed E-state index contributed by atoms with van der Waals surface area (Å²) in [5.41, 5.74) is 10.1. The molecule has 7 nitrogen and oxygen atoms in total. The lowest BCUT2D eigenvalue weighted by Crippen LogP contribution is -2.31. The standard InChI is InChI=1S/C17H15ClF3N3O4S/c18-9-1-6-15(29(26,27)11-3-4-11)14(7-9)23-24-16(25)12-8-10(2-5-13(12)22)28-17(19,20)21/h1-2,5-8,11H,3-4H2,(H4-,22,23,24,25,26,27)/p+1. The molecular formula is C17H16ClF3N3O4S+. The fourth-order valence-electron chi connectivity index (χ4n) is 2.54. The third-order valence-corrected chi connectivity index (χ3v) is 6.64. The van der Waals surface area contributed by atoms with E-state index in [0.717, 1.165) is 18.2 Å². The fourth-order valence-corrected chi connectivity index (χ4v) is 4.54. The zero-order valence-electron chi connectivity index (χ0n) is 14.6. The predicted octanol–water partition coefficient (Wildman–Crippen LogP) is 4.07. The van der Waals surface area contributed by atoms with E-state index in [4.69, 9.17) is 17.3 Å². The van der Waals surface area contributed by atoms with E-state index in [-0.39, 0.29) is 32.1 Å². The van der Waals surface area contributed by atoms with Crippen LogP contribution in [0.5, 0.6) is 5.75 Å². The van der Waals surface area contributed by atoms with E-state index in [2.05, 4.69) is 15.6 Å². The summed E-state index contributed by atoms with van der Waals surface area (Å²) < 4.78 is 63.9. The third-order valence-electron chi connectivity index (χ3n) is 4.05. The molecule has 1 saturated carbocycles. The molecule has 0 radical (unpaired) electrons. The van der Waals surface area contributed by atoms with Crippen LogP contribution >= 0.6 is 11.6 Å². The van der Waals surface area contributed by atoms with Crippen molar-refractivity contribution in [2.24, 2.45) is 0 Å². The minimum absolute atomic E-state index is 0.0619. The number of nitrogens with two attached hydrogens (primary N) is 1. The topological polar surface area (TPSA) is 114 Å². The van der Waals surface area contributed by atoms with E-state index in [1.54, 1.807) is 0 Å². The van der Waals surface area contributed by atoms with Crippen molar-refractivity contribution in [1.82, 2.24) is 5.43 Å². The van der Waals surface area contributed by atoms with Gasteiger partial charge in [0.1, 0.15) is 11.4 Å². The molecule has 1 unspecified atom stereocenters. The highest BCUT2D eigenvalue weighted by Crippen LogP contribution is 2.41. The summed E-state index contributed by atoms with van der Waals surface area (Å²) in [7, 11) is -3.35. The smallest absolute Gasteiger partial charge is 0.406 e. The van der Waals surface area contributed by atoms with Gasteiger partial charge in [0.2, 0.25) is 4.90 Å². The van der Waals surface area contributed by atoms with Gasteiger partial charge in [-0.1, -0.05) is 15.8 Å². The van der Waals surface area contributed by atoms with Crippen molar-refractivity contribution in [3.63, 3.8) is 0 Å². The Labute approximate surface area is 169 Å². The van der Waals surface area contributed by atoms with Crippen LogP contribution in [0.3, 0.4) is 0 Å². The van der Waals surface area contributed by atoms with Crippen molar-refractivity contribution >= 4 is 39.1 Å². The predicted molar refractivity (Wildman–Crippen MR) is 102 cm³/mol. The first-order chi connectivity index (χ1) is 13.5. The number of rotatable bonds is 6. The zero-order valence-corrected chi connectivity index (χ0v) is 16.2. The van der Waals surface area contributed by atoms with Crippen molar-refractivity contribution in [3.05, 3.63) is 47.0 Å². The number of amides is 1. The van der Waals surface area contributed by atoms with Crippen molar-refractivity contribution < 1.29 is 31.5 Å².